The SMILES string of the molecule is c1cn2c(CC3CCCCN3)ncc2cn1. The lowest BCUT2D eigenvalue weighted by Gasteiger charge is -2.22. The summed E-state index contributed by atoms with van der Waals surface area (Å²) >= 11 is 0. The summed E-state index contributed by atoms with van der Waals surface area (Å²) in [6.07, 6.45) is 12.5. The number of imidazole rings is 1. The topological polar surface area (TPSA) is 42.2 Å². The fourth-order valence-electron chi connectivity index (χ4n) is 2.38. The van der Waals surface area contributed by atoms with E-state index in [9.17, 15) is 0 Å². The summed E-state index contributed by atoms with van der Waals surface area (Å²) in [6, 6.07) is 0.590. The molecule has 84 valence electrons. The van der Waals surface area contributed by atoms with Crippen molar-refractivity contribution in [3.8, 4) is 0 Å². The minimum Gasteiger partial charge on any atom is -0.314 e. The second-order valence-corrected chi connectivity index (χ2v) is 4.40. The number of rotatable bonds is 2. The van der Waals surface area contributed by atoms with Crippen LogP contribution in [0.1, 0.15) is 25.1 Å². The smallest absolute Gasteiger partial charge is 0.114 e. The maximum absolute atomic E-state index is 4.47. The van der Waals surface area contributed by atoms with Crippen LogP contribution in [-0.4, -0.2) is 27.0 Å². The van der Waals surface area contributed by atoms with E-state index in [1.165, 1.54) is 19.3 Å². The zero-order chi connectivity index (χ0) is 10.8. The molecule has 0 aliphatic carbocycles. The van der Waals surface area contributed by atoms with Crippen molar-refractivity contribution in [2.24, 2.45) is 0 Å². The van der Waals surface area contributed by atoms with Crippen LogP contribution in [0, 0.1) is 0 Å². The fraction of sp³-hybridized carbons (Fsp3) is 0.500. The monoisotopic (exact) mass is 216 g/mol. The molecule has 0 bridgehead atoms. The second-order valence-electron chi connectivity index (χ2n) is 4.40. The second kappa shape index (κ2) is 4.22. The molecule has 4 nitrogen and oxygen atoms in total. The summed E-state index contributed by atoms with van der Waals surface area (Å²) in [4.78, 5) is 8.57. The highest BCUT2D eigenvalue weighted by Gasteiger charge is 2.15. The van der Waals surface area contributed by atoms with Crippen molar-refractivity contribution in [1.29, 1.82) is 0 Å². The third kappa shape index (κ3) is 1.80. The van der Waals surface area contributed by atoms with E-state index in [4.69, 9.17) is 0 Å². The Bertz CT molecular complexity index is 471. The van der Waals surface area contributed by atoms with E-state index in [1.54, 1.807) is 0 Å². The van der Waals surface area contributed by atoms with E-state index in [1.807, 2.05) is 24.8 Å². The Morgan fingerprint density at radius 3 is 3.25 bits per heavy atom. The molecule has 0 spiro atoms. The largest absolute Gasteiger partial charge is 0.314 e. The first-order valence-corrected chi connectivity index (χ1v) is 5.93. The first-order valence-electron chi connectivity index (χ1n) is 5.93. The summed E-state index contributed by atoms with van der Waals surface area (Å²) in [5.74, 6) is 1.14. The Balaban J connectivity index is 1.83. The van der Waals surface area contributed by atoms with Crippen molar-refractivity contribution in [2.45, 2.75) is 31.7 Å². The predicted octanol–water partition coefficient (Wildman–Crippen LogP) is 1.41. The summed E-state index contributed by atoms with van der Waals surface area (Å²) < 4.78 is 2.13. The first-order chi connectivity index (χ1) is 7.93. The van der Waals surface area contributed by atoms with Gasteiger partial charge in [0.25, 0.3) is 0 Å². The van der Waals surface area contributed by atoms with Crippen molar-refractivity contribution in [2.75, 3.05) is 6.54 Å². The van der Waals surface area contributed by atoms with Gasteiger partial charge in [-0.05, 0) is 19.4 Å². The van der Waals surface area contributed by atoms with Crippen LogP contribution < -0.4 is 5.32 Å². The lowest BCUT2D eigenvalue weighted by molar-refractivity contribution is 0.394. The van der Waals surface area contributed by atoms with E-state index in [2.05, 4.69) is 19.7 Å². The Morgan fingerprint density at radius 2 is 2.38 bits per heavy atom. The zero-order valence-corrected chi connectivity index (χ0v) is 9.26. The highest BCUT2D eigenvalue weighted by molar-refractivity contribution is 5.42. The van der Waals surface area contributed by atoms with Gasteiger partial charge in [0.2, 0.25) is 0 Å². The molecule has 1 unspecified atom stereocenters. The van der Waals surface area contributed by atoms with E-state index < -0.39 is 0 Å². The molecular formula is C12H16N4. The van der Waals surface area contributed by atoms with Gasteiger partial charge in [0.05, 0.1) is 17.9 Å². The number of aromatic nitrogens is 3. The van der Waals surface area contributed by atoms with E-state index in [0.717, 1.165) is 24.3 Å². The number of hydrogen-bond acceptors (Lipinski definition) is 3. The van der Waals surface area contributed by atoms with Gasteiger partial charge in [-0.2, -0.15) is 0 Å². The molecule has 1 N–H and O–H groups in total. The van der Waals surface area contributed by atoms with E-state index in [-0.39, 0.29) is 0 Å². The van der Waals surface area contributed by atoms with Crippen molar-refractivity contribution in [3.63, 3.8) is 0 Å². The summed E-state index contributed by atoms with van der Waals surface area (Å²) in [5, 5.41) is 3.55. The molecule has 16 heavy (non-hydrogen) atoms. The molecular weight excluding hydrogens is 200 g/mol. The Morgan fingerprint density at radius 1 is 1.38 bits per heavy atom. The zero-order valence-electron chi connectivity index (χ0n) is 9.26. The van der Waals surface area contributed by atoms with E-state index in [0.29, 0.717) is 6.04 Å². The number of fused-ring (bicyclic) bond motifs is 1. The average Bonchev–Trinajstić information content (AvgIpc) is 2.74. The highest BCUT2D eigenvalue weighted by Crippen LogP contribution is 2.13. The van der Waals surface area contributed by atoms with Gasteiger partial charge in [-0.3, -0.25) is 4.98 Å². The number of nitrogens with zero attached hydrogens (tertiary/aromatic N) is 3. The van der Waals surface area contributed by atoms with Crippen molar-refractivity contribution < 1.29 is 0 Å². The molecule has 1 fully saturated rings. The molecule has 1 saturated heterocycles. The van der Waals surface area contributed by atoms with Crippen LogP contribution in [0.5, 0.6) is 0 Å². The summed E-state index contributed by atoms with van der Waals surface area (Å²) in [5.41, 5.74) is 1.08. The molecule has 1 aliphatic heterocycles. The highest BCUT2D eigenvalue weighted by atomic mass is 15.0. The number of hydrogen-bond donors (Lipinski definition) is 1. The molecule has 0 saturated carbocycles. The maximum atomic E-state index is 4.47. The Kier molecular flexibility index (Phi) is 2.58. The Hall–Kier alpha value is -1.42. The predicted molar refractivity (Wildman–Crippen MR) is 62.3 cm³/mol. The average molecular weight is 216 g/mol. The maximum Gasteiger partial charge on any atom is 0.114 e. The van der Waals surface area contributed by atoms with E-state index >= 15 is 0 Å². The molecule has 3 heterocycles. The number of nitrogens with one attached hydrogen (secondary N) is 1. The van der Waals surface area contributed by atoms with Gasteiger partial charge in [-0.15, -0.1) is 0 Å². The van der Waals surface area contributed by atoms with Crippen LogP contribution in [-0.2, 0) is 6.42 Å². The lowest BCUT2D eigenvalue weighted by Crippen LogP contribution is -2.36. The third-order valence-electron chi connectivity index (χ3n) is 3.25. The summed E-state index contributed by atoms with van der Waals surface area (Å²) in [6.45, 7) is 1.15. The van der Waals surface area contributed by atoms with Crippen LogP contribution in [0.4, 0.5) is 0 Å². The molecule has 0 radical (unpaired) electrons. The molecule has 0 amide bonds. The van der Waals surface area contributed by atoms with Gasteiger partial charge in [0.1, 0.15) is 5.82 Å². The van der Waals surface area contributed by atoms with Crippen LogP contribution in [0.15, 0.2) is 24.8 Å². The molecule has 2 aromatic rings. The van der Waals surface area contributed by atoms with Crippen LogP contribution in [0.3, 0.4) is 0 Å². The van der Waals surface area contributed by atoms with Crippen molar-refractivity contribution >= 4 is 5.52 Å². The quantitative estimate of drug-likeness (QED) is 0.825. The van der Waals surface area contributed by atoms with Gasteiger partial charge in [-0.25, -0.2) is 4.98 Å². The van der Waals surface area contributed by atoms with Gasteiger partial charge in [0, 0.05) is 24.9 Å². The third-order valence-corrected chi connectivity index (χ3v) is 3.25. The minimum absolute atomic E-state index is 0.590. The van der Waals surface area contributed by atoms with Gasteiger partial charge < -0.3 is 9.72 Å². The van der Waals surface area contributed by atoms with Crippen LogP contribution >= 0.6 is 0 Å². The van der Waals surface area contributed by atoms with Crippen molar-refractivity contribution in [3.05, 3.63) is 30.6 Å². The van der Waals surface area contributed by atoms with Gasteiger partial charge >= 0.3 is 0 Å². The molecule has 4 heteroatoms. The standard InChI is InChI=1S/C12H16N4/c1-2-4-14-10(3-1)7-12-15-9-11-8-13-5-6-16(11)12/h5-6,8-10,14H,1-4,7H2. The fourth-order valence-corrected chi connectivity index (χ4v) is 2.38. The van der Waals surface area contributed by atoms with Crippen LogP contribution in [0.25, 0.3) is 5.52 Å². The minimum atomic E-state index is 0.590. The first kappa shape index (κ1) is 9.78. The Labute approximate surface area is 94.7 Å². The molecule has 1 atom stereocenters. The number of piperidine rings is 1. The van der Waals surface area contributed by atoms with Gasteiger partial charge in [-0.1, -0.05) is 6.42 Å². The van der Waals surface area contributed by atoms with Gasteiger partial charge in [0.15, 0.2) is 0 Å². The molecule has 3 rings (SSSR count). The van der Waals surface area contributed by atoms with Crippen LogP contribution in [0.2, 0.25) is 0 Å². The lowest BCUT2D eigenvalue weighted by atomic mass is 10.0. The normalized spacial score (nSPS) is 21.4. The molecule has 2 aromatic heterocycles. The summed E-state index contributed by atoms with van der Waals surface area (Å²) in [7, 11) is 0. The molecule has 0 aromatic carbocycles. The molecule has 1 aliphatic rings. The van der Waals surface area contributed by atoms with Crippen molar-refractivity contribution in [1.82, 2.24) is 19.7 Å².